The van der Waals surface area contributed by atoms with Gasteiger partial charge < -0.3 is 10.1 Å². The maximum absolute atomic E-state index is 8.96. The fourth-order valence-electron chi connectivity index (χ4n) is 1.79. The number of ether oxygens (including phenoxy) is 1. The van der Waals surface area contributed by atoms with Crippen LogP contribution < -0.4 is 5.32 Å². The van der Waals surface area contributed by atoms with Crippen LogP contribution in [0.2, 0.25) is 0 Å². The summed E-state index contributed by atoms with van der Waals surface area (Å²) in [5.74, 6) is 0. The predicted molar refractivity (Wildman–Crippen MR) is 66.3 cm³/mol. The Morgan fingerprint density at radius 2 is 2.44 bits per heavy atom. The molecule has 0 aromatic heterocycles. The highest BCUT2D eigenvalue weighted by Crippen LogP contribution is 2.21. The van der Waals surface area contributed by atoms with E-state index in [0.717, 1.165) is 36.2 Å². The number of halogens is 1. The highest BCUT2D eigenvalue weighted by atomic mass is 79.9. The fraction of sp³-hybridized carbons (Fsp3) is 0.417. The van der Waals surface area contributed by atoms with E-state index in [0.29, 0.717) is 5.56 Å². The molecule has 4 heteroatoms. The maximum Gasteiger partial charge on any atom is 0.101 e. The van der Waals surface area contributed by atoms with E-state index in [1.807, 2.05) is 18.2 Å². The lowest BCUT2D eigenvalue weighted by Gasteiger charge is -2.13. The summed E-state index contributed by atoms with van der Waals surface area (Å²) in [5, 5.41) is 12.2. The van der Waals surface area contributed by atoms with Gasteiger partial charge in [-0.15, -0.1) is 0 Å². The second kappa shape index (κ2) is 5.33. The third kappa shape index (κ3) is 2.75. The number of nitrogens with zero attached hydrogens (tertiary/aromatic N) is 1. The van der Waals surface area contributed by atoms with Crippen LogP contribution >= 0.6 is 15.9 Å². The van der Waals surface area contributed by atoms with Gasteiger partial charge in [-0.05, 0) is 31.0 Å². The van der Waals surface area contributed by atoms with Gasteiger partial charge in [0.05, 0.1) is 17.4 Å². The second-order valence-corrected chi connectivity index (χ2v) is 4.73. The van der Waals surface area contributed by atoms with Crippen molar-refractivity contribution in [3.8, 4) is 6.07 Å². The molecule has 1 aliphatic rings. The van der Waals surface area contributed by atoms with Crippen LogP contribution in [0.1, 0.15) is 18.4 Å². The maximum atomic E-state index is 8.96. The Kier molecular flexibility index (Phi) is 3.81. The van der Waals surface area contributed by atoms with Crippen molar-refractivity contribution >= 4 is 21.6 Å². The van der Waals surface area contributed by atoms with E-state index >= 15 is 0 Å². The van der Waals surface area contributed by atoms with E-state index in [1.54, 1.807) is 0 Å². The van der Waals surface area contributed by atoms with Gasteiger partial charge in [-0.2, -0.15) is 5.26 Å². The summed E-state index contributed by atoms with van der Waals surface area (Å²) in [7, 11) is 0. The van der Waals surface area contributed by atoms with E-state index < -0.39 is 0 Å². The molecule has 1 atom stereocenters. The SMILES string of the molecule is N#Cc1ccc(Br)cc1NCC1CCCO1. The van der Waals surface area contributed by atoms with Gasteiger partial charge in [-0.1, -0.05) is 15.9 Å². The zero-order valence-corrected chi connectivity index (χ0v) is 10.5. The van der Waals surface area contributed by atoms with Crippen LogP contribution in [-0.4, -0.2) is 19.3 Å². The van der Waals surface area contributed by atoms with Gasteiger partial charge in [0.2, 0.25) is 0 Å². The van der Waals surface area contributed by atoms with Gasteiger partial charge in [-0.25, -0.2) is 0 Å². The van der Waals surface area contributed by atoms with Crippen molar-refractivity contribution in [3.05, 3.63) is 28.2 Å². The molecule has 0 aliphatic carbocycles. The van der Waals surface area contributed by atoms with Crippen LogP contribution in [0.15, 0.2) is 22.7 Å². The van der Waals surface area contributed by atoms with Crippen LogP contribution in [0.3, 0.4) is 0 Å². The topological polar surface area (TPSA) is 45.0 Å². The molecule has 0 spiro atoms. The molecule has 0 amide bonds. The van der Waals surface area contributed by atoms with E-state index in [-0.39, 0.29) is 6.10 Å². The minimum Gasteiger partial charge on any atom is -0.381 e. The Morgan fingerprint density at radius 1 is 1.56 bits per heavy atom. The summed E-state index contributed by atoms with van der Waals surface area (Å²) >= 11 is 3.40. The molecule has 1 aromatic carbocycles. The molecule has 84 valence electrons. The number of benzene rings is 1. The molecule has 16 heavy (non-hydrogen) atoms. The average molecular weight is 281 g/mol. The van der Waals surface area contributed by atoms with Crippen LogP contribution in [0.4, 0.5) is 5.69 Å². The first-order chi connectivity index (χ1) is 7.79. The molecule has 3 nitrogen and oxygen atoms in total. The summed E-state index contributed by atoms with van der Waals surface area (Å²) in [4.78, 5) is 0. The summed E-state index contributed by atoms with van der Waals surface area (Å²) in [5.41, 5.74) is 1.54. The third-order valence-corrected chi connectivity index (χ3v) is 3.14. The lowest BCUT2D eigenvalue weighted by molar-refractivity contribution is 0.120. The molecule has 0 radical (unpaired) electrons. The Bertz CT molecular complexity index is 408. The van der Waals surface area contributed by atoms with Crippen molar-refractivity contribution in [2.75, 3.05) is 18.5 Å². The number of hydrogen-bond acceptors (Lipinski definition) is 3. The van der Waals surface area contributed by atoms with Crippen molar-refractivity contribution in [3.63, 3.8) is 0 Å². The zero-order chi connectivity index (χ0) is 11.4. The summed E-state index contributed by atoms with van der Waals surface area (Å²) in [6, 6.07) is 7.78. The molecule has 1 aromatic rings. The molecule has 1 fully saturated rings. The minimum absolute atomic E-state index is 0.283. The van der Waals surface area contributed by atoms with Crippen LogP contribution in [0.25, 0.3) is 0 Å². The van der Waals surface area contributed by atoms with Crippen LogP contribution in [0, 0.1) is 11.3 Å². The molecule has 0 saturated carbocycles. The Labute approximate surface area is 104 Å². The lowest BCUT2D eigenvalue weighted by Crippen LogP contribution is -2.18. The molecule has 1 aliphatic heterocycles. The van der Waals surface area contributed by atoms with Crippen molar-refractivity contribution in [2.24, 2.45) is 0 Å². The molecule has 1 saturated heterocycles. The highest BCUT2D eigenvalue weighted by Gasteiger charge is 2.15. The van der Waals surface area contributed by atoms with Gasteiger partial charge in [-0.3, -0.25) is 0 Å². The molecule has 1 N–H and O–H groups in total. The van der Waals surface area contributed by atoms with Crippen LogP contribution in [0.5, 0.6) is 0 Å². The molecule has 2 rings (SSSR count). The van der Waals surface area contributed by atoms with E-state index in [1.165, 1.54) is 0 Å². The molecule has 1 heterocycles. The Morgan fingerprint density at radius 3 is 3.12 bits per heavy atom. The number of rotatable bonds is 3. The van der Waals surface area contributed by atoms with Gasteiger partial charge in [0, 0.05) is 17.6 Å². The van der Waals surface area contributed by atoms with Crippen molar-refractivity contribution in [1.29, 1.82) is 5.26 Å². The number of nitriles is 1. The quantitative estimate of drug-likeness (QED) is 0.926. The van der Waals surface area contributed by atoms with Crippen LogP contribution in [-0.2, 0) is 4.74 Å². The lowest BCUT2D eigenvalue weighted by atomic mass is 10.2. The normalized spacial score (nSPS) is 19.4. The van der Waals surface area contributed by atoms with E-state index in [4.69, 9.17) is 10.00 Å². The average Bonchev–Trinajstić information content (AvgIpc) is 2.79. The van der Waals surface area contributed by atoms with E-state index in [9.17, 15) is 0 Å². The van der Waals surface area contributed by atoms with Gasteiger partial charge in [0.1, 0.15) is 6.07 Å². The number of hydrogen-bond donors (Lipinski definition) is 1. The van der Waals surface area contributed by atoms with Crippen molar-refractivity contribution < 1.29 is 4.74 Å². The first kappa shape index (κ1) is 11.4. The molecule has 0 bridgehead atoms. The number of nitrogens with one attached hydrogen (secondary N) is 1. The van der Waals surface area contributed by atoms with Crippen molar-refractivity contribution in [1.82, 2.24) is 0 Å². The Hall–Kier alpha value is -1.05. The summed E-state index contributed by atoms with van der Waals surface area (Å²) in [6.07, 6.45) is 2.52. The third-order valence-electron chi connectivity index (χ3n) is 2.65. The Balaban J connectivity index is 2.02. The second-order valence-electron chi connectivity index (χ2n) is 3.82. The first-order valence-corrected chi connectivity index (χ1v) is 6.14. The van der Waals surface area contributed by atoms with Gasteiger partial charge in [0.15, 0.2) is 0 Å². The summed E-state index contributed by atoms with van der Waals surface area (Å²) < 4.78 is 6.49. The first-order valence-electron chi connectivity index (χ1n) is 5.35. The molecular formula is C12H13BrN2O. The molecule has 1 unspecified atom stereocenters. The van der Waals surface area contributed by atoms with E-state index in [2.05, 4.69) is 27.3 Å². The molecular weight excluding hydrogens is 268 g/mol. The fourth-order valence-corrected chi connectivity index (χ4v) is 2.15. The van der Waals surface area contributed by atoms with Gasteiger partial charge >= 0.3 is 0 Å². The predicted octanol–water partition coefficient (Wildman–Crippen LogP) is 2.91. The minimum atomic E-state index is 0.283. The highest BCUT2D eigenvalue weighted by molar-refractivity contribution is 9.10. The smallest absolute Gasteiger partial charge is 0.101 e. The number of anilines is 1. The van der Waals surface area contributed by atoms with Crippen molar-refractivity contribution in [2.45, 2.75) is 18.9 Å². The largest absolute Gasteiger partial charge is 0.381 e. The zero-order valence-electron chi connectivity index (χ0n) is 8.87. The monoisotopic (exact) mass is 280 g/mol. The summed E-state index contributed by atoms with van der Waals surface area (Å²) in [6.45, 7) is 1.63. The van der Waals surface area contributed by atoms with Gasteiger partial charge in [0.25, 0.3) is 0 Å². The standard InChI is InChI=1S/C12H13BrN2O/c13-10-4-3-9(7-14)12(6-10)15-8-11-2-1-5-16-11/h3-4,6,11,15H,1-2,5,8H2.